The van der Waals surface area contributed by atoms with Crippen LogP contribution in [0.15, 0.2) is 48.5 Å². The van der Waals surface area contributed by atoms with E-state index in [0.29, 0.717) is 13.2 Å². The molecule has 0 aliphatic heterocycles. The van der Waals surface area contributed by atoms with E-state index >= 15 is 0 Å². The third-order valence-corrected chi connectivity index (χ3v) is 10.2. The number of hydrogen-bond donors (Lipinski definition) is 3. The second-order valence-electron chi connectivity index (χ2n) is 16.1. The van der Waals surface area contributed by atoms with E-state index in [0.717, 1.165) is 0 Å². The van der Waals surface area contributed by atoms with Gasteiger partial charge in [-0.3, -0.25) is 34.6 Å². The van der Waals surface area contributed by atoms with E-state index in [1.807, 2.05) is 20.8 Å². The number of benzene rings is 2. The normalized spacial score (nSPS) is 11.6. The fourth-order valence-electron chi connectivity index (χ4n) is 3.82. The minimum atomic E-state index is -3.73. The monoisotopic (exact) mass is 1010 g/mol. The molecule has 0 aliphatic carbocycles. The van der Waals surface area contributed by atoms with E-state index in [1.54, 1.807) is 41.5 Å². The van der Waals surface area contributed by atoms with Gasteiger partial charge in [0.1, 0.15) is 31.3 Å². The lowest BCUT2D eigenvalue weighted by atomic mass is 9.97. The van der Waals surface area contributed by atoms with E-state index in [4.69, 9.17) is 53.0 Å². The molecule has 0 spiro atoms. The van der Waals surface area contributed by atoms with Gasteiger partial charge < -0.3 is 28.2 Å². The standard InChI is InChI=1S/C20H32N3O8P.C7H14ClNO2.C6H4Cl2NO4P.C6H15N/c1-19(2,3)17(24)29-13-11-21-32(28,22-12-14-30-18(25)20(4,5)6)31-16-9-7-15(8-10-16)23(26)27;1-7(2,3)6(10)11-5-4-9-8;7-14(8,12)13-6-3-1-5(2-4-6)9(10)11;1-4-7(5-2)6-3/h7-10H,11-14H2,1-6H3,(H2,21,22,28);9H,4-5H2,1-3H3;1-4H;4-6H2,1-3H3. The number of nitro groups is 2. The molecular weight excluding hydrogens is 945 g/mol. The molecular formula is C39H65Cl3N6O14P2. The summed E-state index contributed by atoms with van der Waals surface area (Å²) in [5.41, 5.74) is -2.01. The molecule has 64 heavy (non-hydrogen) atoms. The van der Waals surface area contributed by atoms with E-state index in [2.05, 4.69) is 45.2 Å². The molecule has 2 rings (SSSR count). The number of nitrogens with one attached hydrogen (secondary N) is 3. The second-order valence-corrected chi connectivity index (χ2v) is 22.5. The summed E-state index contributed by atoms with van der Waals surface area (Å²) in [6, 6.07) is 9.97. The molecule has 25 heteroatoms. The SMILES string of the molecule is CC(C)(C)C(=O)OCCNCl.CC(C)(C)C(=O)OCCNP(=O)(NCCOC(=O)C(C)(C)C)Oc1ccc([N+](=O)[O-])cc1.CCN(CC)CC.O=[N+]([O-])c1ccc(OP(=O)(Cl)Cl)cc1. The average Bonchev–Trinajstić information content (AvgIpc) is 3.18. The predicted octanol–water partition coefficient (Wildman–Crippen LogP) is 9.67. The van der Waals surface area contributed by atoms with Crippen LogP contribution in [0.4, 0.5) is 11.4 Å². The second kappa shape index (κ2) is 30.6. The van der Waals surface area contributed by atoms with Gasteiger partial charge >= 0.3 is 31.7 Å². The summed E-state index contributed by atoms with van der Waals surface area (Å²) in [6.07, 6.45) is -3.65. The van der Waals surface area contributed by atoms with Crippen molar-refractivity contribution in [2.24, 2.45) is 16.2 Å². The minimum absolute atomic E-state index is 0.0147. The quantitative estimate of drug-likeness (QED) is 0.0212. The van der Waals surface area contributed by atoms with Crippen molar-refractivity contribution in [2.45, 2.75) is 83.1 Å². The lowest BCUT2D eigenvalue weighted by Gasteiger charge is -2.22. The van der Waals surface area contributed by atoms with Crippen LogP contribution in [-0.4, -0.2) is 91.7 Å². The third kappa shape index (κ3) is 30.5. The summed E-state index contributed by atoms with van der Waals surface area (Å²) >= 11 is 15.4. The van der Waals surface area contributed by atoms with Crippen LogP contribution in [-0.2, 0) is 37.7 Å². The van der Waals surface area contributed by atoms with Crippen molar-refractivity contribution >= 4 is 77.3 Å². The molecule has 2 aromatic carbocycles. The van der Waals surface area contributed by atoms with Crippen molar-refractivity contribution in [1.29, 1.82) is 0 Å². The zero-order chi connectivity index (χ0) is 50.0. The van der Waals surface area contributed by atoms with Crippen LogP contribution < -0.4 is 24.1 Å². The molecule has 366 valence electrons. The summed E-state index contributed by atoms with van der Waals surface area (Å²) in [4.78, 5) is 59.4. The maximum absolute atomic E-state index is 13.2. The summed E-state index contributed by atoms with van der Waals surface area (Å²) in [5, 5.41) is 26.4. The lowest BCUT2D eigenvalue weighted by molar-refractivity contribution is -0.385. The first kappa shape index (κ1) is 62.5. The van der Waals surface area contributed by atoms with Crippen molar-refractivity contribution in [3.8, 4) is 11.5 Å². The Labute approximate surface area is 391 Å². The Hall–Kier alpha value is -3.58. The fourth-order valence-corrected chi connectivity index (χ4v) is 6.18. The molecule has 2 aromatic rings. The first-order valence-corrected chi connectivity index (χ1v) is 25.3. The number of nitro benzene ring substituents is 2. The van der Waals surface area contributed by atoms with E-state index in [1.165, 1.54) is 68.2 Å². The summed E-state index contributed by atoms with van der Waals surface area (Å²) in [5.74, 6) is -0.786. The Morgan fingerprint density at radius 2 is 0.891 bits per heavy atom. The van der Waals surface area contributed by atoms with Crippen LogP contribution in [0.5, 0.6) is 11.5 Å². The van der Waals surface area contributed by atoms with Crippen molar-refractivity contribution in [2.75, 3.05) is 59.1 Å². The zero-order valence-electron chi connectivity index (χ0n) is 38.6. The number of rotatable bonds is 20. The molecule has 0 bridgehead atoms. The molecule has 0 fully saturated rings. The van der Waals surface area contributed by atoms with Gasteiger partial charge in [-0.2, -0.15) is 0 Å². The third-order valence-electron chi connectivity index (χ3n) is 7.46. The molecule has 3 N–H and O–H groups in total. The molecule has 0 aliphatic rings. The topological polar surface area (TPSA) is 257 Å². The molecule has 0 radical (unpaired) electrons. The Kier molecular flexibility index (Phi) is 29.9. The Morgan fingerprint density at radius 3 is 1.12 bits per heavy atom. The van der Waals surface area contributed by atoms with Crippen molar-refractivity contribution in [1.82, 2.24) is 19.9 Å². The molecule has 0 saturated carbocycles. The van der Waals surface area contributed by atoms with E-state index in [-0.39, 0.29) is 55.1 Å². The van der Waals surface area contributed by atoms with Gasteiger partial charge in [0.2, 0.25) is 0 Å². The first-order chi connectivity index (χ1) is 29.3. The summed E-state index contributed by atoms with van der Waals surface area (Å²) < 4.78 is 49.3. The molecule has 0 unspecified atom stereocenters. The number of nitrogens with zero attached hydrogens (tertiary/aromatic N) is 3. The summed E-state index contributed by atoms with van der Waals surface area (Å²) in [6.45, 7) is 26.6. The van der Waals surface area contributed by atoms with Gasteiger partial charge in [0.15, 0.2) is 0 Å². The van der Waals surface area contributed by atoms with Crippen LogP contribution in [0, 0.1) is 36.5 Å². The van der Waals surface area contributed by atoms with Crippen LogP contribution in [0.3, 0.4) is 0 Å². The number of carbonyl (C=O) groups excluding carboxylic acids is 3. The zero-order valence-corrected chi connectivity index (χ0v) is 42.6. The smallest absolute Gasteiger partial charge is 0.428 e. The largest absolute Gasteiger partial charge is 0.464 e. The van der Waals surface area contributed by atoms with Crippen LogP contribution in [0.1, 0.15) is 83.1 Å². The predicted molar refractivity (Wildman–Crippen MR) is 249 cm³/mol. The van der Waals surface area contributed by atoms with Gasteiger partial charge in [0, 0.05) is 66.4 Å². The van der Waals surface area contributed by atoms with Gasteiger partial charge in [-0.25, -0.2) is 24.1 Å². The number of ether oxygens (including phenoxy) is 3. The van der Waals surface area contributed by atoms with Crippen molar-refractivity contribution in [3.63, 3.8) is 0 Å². The minimum Gasteiger partial charge on any atom is -0.464 e. The highest BCUT2D eigenvalue weighted by molar-refractivity contribution is 8.05. The lowest BCUT2D eigenvalue weighted by Crippen LogP contribution is -2.33. The number of hydrogen-bond acceptors (Lipinski definition) is 16. The van der Waals surface area contributed by atoms with Gasteiger partial charge in [0.05, 0.1) is 26.1 Å². The van der Waals surface area contributed by atoms with Gasteiger partial charge in [-0.15, -0.1) is 0 Å². The highest BCUT2D eigenvalue weighted by Gasteiger charge is 2.28. The van der Waals surface area contributed by atoms with Crippen LogP contribution in [0.25, 0.3) is 0 Å². The molecule has 0 amide bonds. The van der Waals surface area contributed by atoms with E-state index < -0.39 is 51.8 Å². The molecule has 0 aromatic heterocycles. The summed E-state index contributed by atoms with van der Waals surface area (Å²) in [7, 11) is -3.73. The van der Waals surface area contributed by atoms with Gasteiger partial charge in [-0.05, 0) is 118 Å². The van der Waals surface area contributed by atoms with Crippen molar-refractivity contribution < 1.29 is 56.6 Å². The average molecular weight is 1010 g/mol. The highest BCUT2D eigenvalue weighted by atomic mass is 35.9. The highest BCUT2D eigenvalue weighted by Crippen LogP contribution is 2.57. The Morgan fingerprint density at radius 1 is 0.594 bits per heavy atom. The van der Waals surface area contributed by atoms with Gasteiger partial charge in [-0.1, -0.05) is 20.8 Å². The molecule has 20 nitrogen and oxygen atoms in total. The maximum Gasteiger partial charge on any atom is 0.428 e. The first-order valence-electron chi connectivity index (χ1n) is 19.9. The van der Waals surface area contributed by atoms with Crippen LogP contribution in [0.2, 0.25) is 0 Å². The Bertz CT molecular complexity index is 1770. The van der Waals surface area contributed by atoms with Crippen molar-refractivity contribution in [3.05, 3.63) is 68.8 Å². The van der Waals surface area contributed by atoms with Crippen LogP contribution >= 0.6 is 48.0 Å². The Balaban J connectivity index is 0. The maximum atomic E-state index is 13.2. The van der Waals surface area contributed by atoms with E-state index in [9.17, 15) is 43.7 Å². The fraction of sp³-hybridized carbons (Fsp3) is 0.615. The molecule has 0 heterocycles. The number of esters is 3. The van der Waals surface area contributed by atoms with Gasteiger partial charge in [0.25, 0.3) is 11.4 Å². The molecule has 0 atom stereocenters. The number of non-ortho nitro benzene ring substituents is 2. The number of halogens is 3. The number of carbonyl (C=O) groups is 3. The molecule has 0 saturated heterocycles.